The van der Waals surface area contributed by atoms with Gasteiger partial charge in [-0.25, -0.2) is 9.97 Å². The zero-order valence-corrected chi connectivity index (χ0v) is 16.1. The Morgan fingerprint density at radius 1 is 0.935 bits per heavy atom. The molecule has 0 bridgehead atoms. The summed E-state index contributed by atoms with van der Waals surface area (Å²) >= 11 is 0. The molecule has 6 nitrogen and oxygen atoms in total. The molecule has 0 saturated carbocycles. The molecule has 3 aromatic heterocycles. The molecule has 0 aliphatic rings. The summed E-state index contributed by atoms with van der Waals surface area (Å²) in [5.74, 6) is 0.694. The van der Waals surface area contributed by atoms with E-state index in [1.165, 1.54) is 12.4 Å². The summed E-state index contributed by atoms with van der Waals surface area (Å²) in [5.41, 5.74) is 0.821. The van der Waals surface area contributed by atoms with E-state index in [9.17, 15) is 13.2 Å². The molecule has 0 aliphatic carbocycles. The minimum atomic E-state index is -4.61. The van der Waals surface area contributed by atoms with Gasteiger partial charge in [0, 0.05) is 29.7 Å². The molecule has 0 atom stereocenters. The smallest absolute Gasteiger partial charge is 0.433 e. The Morgan fingerprint density at radius 3 is 2.52 bits per heavy atom. The standard InChI is InChI=1S/C22H17F3N4O2/c23-22(24,25)19-12-20(29-21(28-19)16-6-8-26-9-7-16)27-17-4-1-3-15(11-17)13-30-14-18-5-2-10-31-18/h1-12H,13-14H2,(H,27,28,29). The van der Waals surface area contributed by atoms with Crippen molar-refractivity contribution in [1.29, 1.82) is 0 Å². The third kappa shape index (κ3) is 5.46. The van der Waals surface area contributed by atoms with Crippen molar-refractivity contribution in [2.75, 3.05) is 5.32 Å². The van der Waals surface area contributed by atoms with E-state index in [0.29, 0.717) is 30.2 Å². The molecule has 0 unspecified atom stereocenters. The van der Waals surface area contributed by atoms with Crippen LogP contribution in [0.2, 0.25) is 0 Å². The highest BCUT2D eigenvalue weighted by atomic mass is 19.4. The molecule has 1 N–H and O–H groups in total. The van der Waals surface area contributed by atoms with Crippen LogP contribution >= 0.6 is 0 Å². The summed E-state index contributed by atoms with van der Waals surface area (Å²) in [6.45, 7) is 0.636. The maximum Gasteiger partial charge on any atom is 0.433 e. The third-order valence-electron chi connectivity index (χ3n) is 4.25. The Morgan fingerprint density at radius 2 is 1.77 bits per heavy atom. The fraction of sp³-hybridized carbons (Fsp3) is 0.136. The van der Waals surface area contributed by atoms with E-state index in [-0.39, 0.29) is 11.6 Å². The zero-order chi connectivity index (χ0) is 21.7. The van der Waals surface area contributed by atoms with Crippen LogP contribution in [0.3, 0.4) is 0 Å². The quantitative estimate of drug-likeness (QED) is 0.414. The van der Waals surface area contributed by atoms with Crippen LogP contribution in [0.1, 0.15) is 17.0 Å². The first-order valence-corrected chi connectivity index (χ1v) is 9.30. The van der Waals surface area contributed by atoms with Gasteiger partial charge >= 0.3 is 6.18 Å². The topological polar surface area (TPSA) is 73.1 Å². The number of aromatic nitrogens is 3. The second-order valence-electron chi connectivity index (χ2n) is 6.59. The second-order valence-corrected chi connectivity index (χ2v) is 6.59. The number of benzene rings is 1. The van der Waals surface area contributed by atoms with Crippen molar-refractivity contribution in [3.63, 3.8) is 0 Å². The van der Waals surface area contributed by atoms with Crippen LogP contribution in [0.15, 0.2) is 77.7 Å². The van der Waals surface area contributed by atoms with Gasteiger partial charge < -0.3 is 14.5 Å². The van der Waals surface area contributed by atoms with Gasteiger partial charge in [0.2, 0.25) is 0 Å². The molecule has 0 saturated heterocycles. The number of halogens is 3. The van der Waals surface area contributed by atoms with Crippen LogP contribution in [0, 0.1) is 0 Å². The molecule has 0 amide bonds. The molecule has 9 heteroatoms. The van der Waals surface area contributed by atoms with E-state index in [1.54, 1.807) is 42.7 Å². The van der Waals surface area contributed by atoms with Gasteiger partial charge in [0.25, 0.3) is 0 Å². The number of alkyl halides is 3. The van der Waals surface area contributed by atoms with Gasteiger partial charge in [-0.3, -0.25) is 4.98 Å². The van der Waals surface area contributed by atoms with Crippen molar-refractivity contribution >= 4 is 11.5 Å². The molecule has 4 rings (SSSR count). The summed E-state index contributed by atoms with van der Waals surface area (Å²) < 4.78 is 50.9. The summed E-state index contributed by atoms with van der Waals surface area (Å²) in [6.07, 6.45) is -0.0976. The van der Waals surface area contributed by atoms with Gasteiger partial charge in [0.15, 0.2) is 11.5 Å². The van der Waals surface area contributed by atoms with Crippen LogP contribution in [-0.2, 0) is 24.1 Å². The summed E-state index contributed by atoms with van der Waals surface area (Å²) in [6, 6.07) is 14.7. The fourth-order valence-corrected chi connectivity index (χ4v) is 2.84. The maximum absolute atomic E-state index is 13.4. The molecule has 4 aromatic rings. The normalized spacial score (nSPS) is 11.5. The van der Waals surface area contributed by atoms with E-state index in [2.05, 4.69) is 20.3 Å². The van der Waals surface area contributed by atoms with Crippen LogP contribution in [0.25, 0.3) is 11.4 Å². The lowest BCUT2D eigenvalue weighted by Gasteiger charge is -2.13. The first-order chi connectivity index (χ1) is 15.0. The first kappa shape index (κ1) is 20.5. The molecule has 0 aliphatic heterocycles. The molecular weight excluding hydrogens is 409 g/mol. The molecular formula is C22H17F3N4O2. The van der Waals surface area contributed by atoms with E-state index < -0.39 is 11.9 Å². The molecule has 31 heavy (non-hydrogen) atoms. The molecule has 158 valence electrons. The van der Waals surface area contributed by atoms with Gasteiger partial charge in [0.1, 0.15) is 18.2 Å². The Labute approximate surface area is 175 Å². The number of nitrogens with one attached hydrogen (secondary N) is 1. The number of anilines is 2. The summed E-state index contributed by atoms with van der Waals surface area (Å²) in [5, 5.41) is 2.93. The molecule has 1 aromatic carbocycles. The predicted octanol–water partition coefficient (Wildman–Crippen LogP) is 5.61. The molecule has 3 heterocycles. The minimum absolute atomic E-state index is 0.0304. The van der Waals surface area contributed by atoms with Crippen LogP contribution < -0.4 is 5.32 Å². The van der Waals surface area contributed by atoms with E-state index in [0.717, 1.165) is 11.6 Å². The Bertz CT molecular complexity index is 1130. The number of hydrogen-bond donors (Lipinski definition) is 1. The largest absolute Gasteiger partial charge is 0.467 e. The van der Waals surface area contributed by atoms with Crippen molar-refractivity contribution in [3.05, 3.63) is 90.3 Å². The van der Waals surface area contributed by atoms with Crippen molar-refractivity contribution in [3.8, 4) is 11.4 Å². The van der Waals surface area contributed by atoms with Crippen molar-refractivity contribution in [1.82, 2.24) is 15.0 Å². The Hall–Kier alpha value is -3.72. The highest BCUT2D eigenvalue weighted by Gasteiger charge is 2.33. The third-order valence-corrected chi connectivity index (χ3v) is 4.25. The number of ether oxygens (including phenoxy) is 1. The van der Waals surface area contributed by atoms with Gasteiger partial charge in [-0.1, -0.05) is 12.1 Å². The number of pyridine rings is 1. The van der Waals surface area contributed by atoms with Crippen molar-refractivity contribution in [2.24, 2.45) is 0 Å². The highest BCUT2D eigenvalue weighted by molar-refractivity contribution is 5.62. The molecule has 0 spiro atoms. The van der Waals surface area contributed by atoms with Crippen molar-refractivity contribution in [2.45, 2.75) is 19.4 Å². The van der Waals surface area contributed by atoms with Gasteiger partial charge in [-0.15, -0.1) is 0 Å². The SMILES string of the molecule is FC(F)(F)c1cc(Nc2cccc(COCc3ccco3)c2)nc(-c2ccncc2)n1. The molecule has 0 radical (unpaired) electrons. The second kappa shape index (κ2) is 8.97. The number of rotatable bonds is 7. The van der Waals surface area contributed by atoms with Gasteiger partial charge in [-0.05, 0) is 42.0 Å². The minimum Gasteiger partial charge on any atom is -0.467 e. The monoisotopic (exact) mass is 426 g/mol. The van der Waals surface area contributed by atoms with E-state index in [4.69, 9.17) is 9.15 Å². The maximum atomic E-state index is 13.4. The van der Waals surface area contributed by atoms with Crippen LogP contribution in [-0.4, -0.2) is 15.0 Å². The average molecular weight is 426 g/mol. The predicted molar refractivity (Wildman–Crippen MR) is 107 cm³/mol. The van der Waals surface area contributed by atoms with E-state index >= 15 is 0 Å². The lowest BCUT2D eigenvalue weighted by atomic mass is 10.2. The van der Waals surface area contributed by atoms with Gasteiger partial charge in [-0.2, -0.15) is 13.2 Å². The van der Waals surface area contributed by atoms with E-state index in [1.807, 2.05) is 12.1 Å². The Balaban J connectivity index is 1.54. The van der Waals surface area contributed by atoms with Crippen LogP contribution in [0.5, 0.6) is 0 Å². The Kier molecular flexibility index (Phi) is 5.94. The summed E-state index contributed by atoms with van der Waals surface area (Å²) in [4.78, 5) is 11.8. The first-order valence-electron chi connectivity index (χ1n) is 9.30. The number of hydrogen-bond acceptors (Lipinski definition) is 6. The molecule has 0 fully saturated rings. The van der Waals surface area contributed by atoms with Crippen LogP contribution in [0.4, 0.5) is 24.7 Å². The lowest BCUT2D eigenvalue weighted by Crippen LogP contribution is -2.11. The number of nitrogens with zero attached hydrogens (tertiary/aromatic N) is 3. The lowest BCUT2D eigenvalue weighted by molar-refractivity contribution is -0.141. The van der Waals surface area contributed by atoms with Crippen molar-refractivity contribution < 1.29 is 22.3 Å². The fourth-order valence-electron chi connectivity index (χ4n) is 2.84. The average Bonchev–Trinajstić information content (AvgIpc) is 3.27. The highest BCUT2D eigenvalue weighted by Crippen LogP contribution is 2.31. The van der Waals surface area contributed by atoms with Gasteiger partial charge in [0.05, 0.1) is 12.9 Å². The zero-order valence-electron chi connectivity index (χ0n) is 16.1. The number of furan rings is 1. The summed E-state index contributed by atoms with van der Waals surface area (Å²) in [7, 11) is 0.